The van der Waals surface area contributed by atoms with Crippen molar-refractivity contribution in [1.82, 2.24) is 0 Å². The highest BCUT2D eigenvalue weighted by Crippen LogP contribution is 2.47. The molecule has 1 atom stereocenters. The molecule has 0 spiro atoms. The van der Waals surface area contributed by atoms with Gasteiger partial charge >= 0.3 is 0 Å². The number of benzene rings is 2. The Labute approximate surface area is 134 Å². The molecule has 3 rings (SSSR count). The first kappa shape index (κ1) is 14.7. The average molecular weight is 322 g/mol. The summed E-state index contributed by atoms with van der Waals surface area (Å²) in [7, 11) is 0. The maximum absolute atomic E-state index is 10.1. The molecule has 0 saturated heterocycles. The molecule has 4 heteroatoms. The molecule has 0 heterocycles. The fourth-order valence-electron chi connectivity index (χ4n) is 2.78. The number of hydrogen-bond acceptors (Lipinski definition) is 2. The van der Waals surface area contributed by atoms with E-state index in [4.69, 9.17) is 23.2 Å². The lowest BCUT2D eigenvalue weighted by molar-refractivity contribution is 0.193. The standard InChI is InChI=1S/C17H17Cl2NO/c18-14-5-3-13(4-6-14)17(11-21,12-1-2-12)20-16-9-7-15(19)8-10-16/h3-10,12,20-21H,1-2,11H2. The number of aliphatic hydroxyl groups is 1. The number of aliphatic hydroxyl groups excluding tert-OH is 1. The van der Waals surface area contributed by atoms with Crippen molar-refractivity contribution in [2.45, 2.75) is 18.4 Å². The monoisotopic (exact) mass is 321 g/mol. The fraction of sp³-hybridized carbons (Fsp3) is 0.294. The molecule has 1 aliphatic rings. The number of anilines is 1. The van der Waals surface area contributed by atoms with Gasteiger partial charge in [-0.15, -0.1) is 0 Å². The highest BCUT2D eigenvalue weighted by atomic mass is 35.5. The minimum absolute atomic E-state index is 0.0436. The van der Waals surface area contributed by atoms with Crippen LogP contribution in [0.25, 0.3) is 0 Å². The highest BCUT2D eigenvalue weighted by molar-refractivity contribution is 6.30. The van der Waals surface area contributed by atoms with Crippen LogP contribution in [0.15, 0.2) is 48.5 Å². The van der Waals surface area contributed by atoms with Crippen molar-refractivity contribution >= 4 is 28.9 Å². The summed E-state index contributed by atoms with van der Waals surface area (Å²) in [4.78, 5) is 0. The molecule has 2 aromatic carbocycles. The molecule has 0 aromatic heterocycles. The molecule has 0 radical (unpaired) electrons. The zero-order valence-electron chi connectivity index (χ0n) is 11.5. The first-order chi connectivity index (χ1) is 10.1. The van der Waals surface area contributed by atoms with Gasteiger partial charge in [-0.2, -0.15) is 0 Å². The number of rotatable bonds is 5. The summed E-state index contributed by atoms with van der Waals surface area (Å²) < 4.78 is 0. The molecule has 0 bridgehead atoms. The third-order valence-corrected chi connectivity index (χ3v) is 4.60. The van der Waals surface area contributed by atoms with Gasteiger partial charge in [0.25, 0.3) is 0 Å². The third kappa shape index (κ3) is 3.03. The average Bonchev–Trinajstić information content (AvgIpc) is 3.33. The minimum Gasteiger partial charge on any atom is -0.394 e. The molecule has 110 valence electrons. The van der Waals surface area contributed by atoms with E-state index in [1.54, 1.807) is 0 Å². The Morgan fingerprint density at radius 1 is 0.952 bits per heavy atom. The second kappa shape index (κ2) is 5.88. The van der Waals surface area contributed by atoms with E-state index in [0.29, 0.717) is 16.0 Å². The zero-order chi connectivity index (χ0) is 14.9. The Morgan fingerprint density at radius 2 is 1.48 bits per heavy atom. The van der Waals surface area contributed by atoms with E-state index in [9.17, 15) is 5.11 Å². The second-order valence-corrected chi connectivity index (χ2v) is 6.42. The van der Waals surface area contributed by atoms with Gasteiger partial charge in [0.05, 0.1) is 12.1 Å². The van der Waals surface area contributed by atoms with Gasteiger partial charge in [-0.3, -0.25) is 0 Å². The van der Waals surface area contributed by atoms with Crippen molar-refractivity contribution in [2.24, 2.45) is 5.92 Å². The van der Waals surface area contributed by atoms with E-state index in [1.165, 1.54) is 0 Å². The normalized spacial score (nSPS) is 17.3. The van der Waals surface area contributed by atoms with Crippen LogP contribution in [0.3, 0.4) is 0 Å². The van der Waals surface area contributed by atoms with Crippen LogP contribution in [-0.2, 0) is 5.54 Å². The van der Waals surface area contributed by atoms with Crippen LogP contribution in [0.2, 0.25) is 10.0 Å². The smallest absolute Gasteiger partial charge is 0.0885 e. The summed E-state index contributed by atoms with van der Waals surface area (Å²) in [6.07, 6.45) is 2.23. The molecule has 1 aliphatic carbocycles. The summed E-state index contributed by atoms with van der Waals surface area (Å²) >= 11 is 11.9. The maximum Gasteiger partial charge on any atom is 0.0885 e. The Kier molecular flexibility index (Phi) is 4.12. The predicted octanol–water partition coefficient (Wildman–Crippen LogP) is 4.70. The summed E-state index contributed by atoms with van der Waals surface area (Å²) in [5.41, 5.74) is 1.56. The van der Waals surface area contributed by atoms with Gasteiger partial charge in [-0.1, -0.05) is 35.3 Å². The van der Waals surface area contributed by atoms with Crippen LogP contribution < -0.4 is 5.32 Å². The van der Waals surface area contributed by atoms with Crippen LogP contribution in [0.5, 0.6) is 0 Å². The third-order valence-electron chi connectivity index (χ3n) is 4.09. The molecule has 1 saturated carbocycles. The van der Waals surface area contributed by atoms with E-state index in [1.807, 2.05) is 48.5 Å². The lowest BCUT2D eigenvalue weighted by atomic mass is 9.85. The van der Waals surface area contributed by atoms with Gasteiger partial charge in [-0.25, -0.2) is 0 Å². The van der Waals surface area contributed by atoms with E-state index < -0.39 is 5.54 Å². The maximum atomic E-state index is 10.1. The van der Waals surface area contributed by atoms with Gasteiger partial charge in [0, 0.05) is 15.7 Å². The van der Waals surface area contributed by atoms with Gasteiger partial charge in [0.1, 0.15) is 0 Å². The van der Waals surface area contributed by atoms with Gasteiger partial charge in [0.15, 0.2) is 0 Å². The second-order valence-electron chi connectivity index (χ2n) is 5.54. The van der Waals surface area contributed by atoms with Crippen molar-refractivity contribution in [3.05, 3.63) is 64.1 Å². The van der Waals surface area contributed by atoms with Crippen LogP contribution >= 0.6 is 23.2 Å². The molecule has 1 unspecified atom stereocenters. The lowest BCUT2D eigenvalue weighted by Crippen LogP contribution is -2.41. The number of nitrogens with one attached hydrogen (secondary N) is 1. The van der Waals surface area contributed by atoms with E-state index >= 15 is 0 Å². The predicted molar refractivity (Wildman–Crippen MR) is 88.0 cm³/mol. The summed E-state index contributed by atoms with van der Waals surface area (Å²) in [6.45, 7) is 0.0436. The molecule has 1 fully saturated rings. The van der Waals surface area contributed by atoms with E-state index in [2.05, 4.69) is 5.32 Å². The van der Waals surface area contributed by atoms with Crippen molar-refractivity contribution < 1.29 is 5.11 Å². The SMILES string of the molecule is OCC(Nc1ccc(Cl)cc1)(c1ccc(Cl)cc1)C1CC1. The van der Waals surface area contributed by atoms with Crippen molar-refractivity contribution in [2.75, 3.05) is 11.9 Å². The van der Waals surface area contributed by atoms with E-state index in [-0.39, 0.29) is 6.61 Å². The molecule has 21 heavy (non-hydrogen) atoms. The van der Waals surface area contributed by atoms with E-state index in [0.717, 1.165) is 24.1 Å². The molecule has 0 amide bonds. The summed E-state index contributed by atoms with van der Waals surface area (Å²) in [5.74, 6) is 0.430. The molecule has 2 aromatic rings. The molecule has 0 aliphatic heterocycles. The topological polar surface area (TPSA) is 32.3 Å². The van der Waals surface area contributed by atoms with Crippen LogP contribution in [-0.4, -0.2) is 11.7 Å². The Morgan fingerprint density at radius 3 is 1.95 bits per heavy atom. The summed E-state index contributed by atoms with van der Waals surface area (Å²) in [5, 5.41) is 15.0. The zero-order valence-corrected chi connectivity index (χ0v) is 13.0. The van der Waals surface area contributed by atoms with Crippen LogP contribution in [0, 0.1) is 5.92 Å². The number of hydrogen-bond donors (Lipinski definition) is 2. The van der Waals surface area contributed by atoms with Crippen molar-refractivity contribution in [3.8, 4) is 0 Å². The fourth-order valence-corrected chi connectivity index (χ4v) is 3.04. The van der Waals surface area contributed by atoms with Crippen molar-refractivity contribution in [3.63, 3.8) is 0 Å². The first-order valence-corrected chi connectivity index (χ1v) is 7.80. The van der Waals surface area contributed by atoms with Crippen LogP contribution in [0.4, 0.5) is 5.69 Å². The molecule has 2 N–H and O–H groups in total. The van der Waals surface area contributed by atoms with Gasteiger partial charge in [-0.05, 0) is 60.7 Å². The largest absolute Gasteiger partial charge is 0.394 e. The van der Waals surface area contributed by atoms with Gasteiger partial charge in [0.2, 0.25) is 0 Å². The summed E-state index contributed by atoms with van der Waals surface area (Å²) in [6, 6.07) is 15.3. The Hall–Kier alpha value is -1.22. The number of halogens is 2. The first-order valence-electron chi connectivity index (χ1n) is 7.05. The Bertz CT molecular complexity index is 608. The Balaban J connectivity index is 1.96. The quantitative estimate of drug-likeness (QED) is 0.836. The molecular formula is C17H17Cl2NO. The van der Waals surface area contributed by atoms with Gasteiger partial charge < -0.3 is 10.4 Å². The van der Waals surface area contributed by atoms with Crippen LogP contribution in [0.1, 0.15) is 18.4 Å². The highest BCUT2D eigenvalue weighted by Gasteiger charge is 2.46. The van der Waals surface area contributed by atoms with Crippen molar-refractivity contribution in [1.29, 1.82) is 0 Å². The molecular weight excluding hydrogens is 305 g/mol. The molecule has 2 nitrogen and oxygen atoms in total. The lowest BCUT2D eigenvalue weighted by Gasteiger charge is -2.35. The minimum atomic E-state index is -0.460.